The van der Waals surface area contributed by atoms with Crippen molar-refractivity contribution in [2.75, 3.05) is 29.4 Å². The van der Waals surface area contributed by atoms with Crippen LogP contribution in [-0.4, -0.2) is 36.5 Å². The van der Waals surface area contributed by atoms with E-state index in [0.29, 0.717) is 11.3 Å². The van der Waals surface area contributed by atoms with Gasteiger partial charge in [0.1, 0.15) is 5.75 Å². The van der Waals surface area contributed by atoms with Crippen molar-refractivity contribution in [2.45, 2.75) is 52.4 Å². The molecule has 2 aliphatic heterocycles. The van der Waals surface area contributed by atoms with Crippen molar-refractivity contribution in [1.82, 2.24) is 0 Å². The summed E-state index contributed by atoms with van der Waals surface area (Å²) in [5.41, 5.74) is 3.84. The van der Waals surface area contributed by atoms with Gasteiger partial charge in [-0.2, -0.15) is 0 Å². The number of aromatic hydroxyl groups is 1. The van der Waals surface area contributed by atoms with Gasteiger partial charge in [-0.3, -0.25) is 9.79 Å². The number of carbonyl (C=O) groups excluding carboxylic acids is 1. The molecule has 0 radical (unpaired) electrons. The number of hydrogen-bond acceptors (Lipinski definition) is 5. The zero-order valence-electron chi connectivity index (χ0n) is 18.8. The van der Waals surface area contributed by atoms with Crippen molar-refractivity contribution in [1.29, 1.82) is 0 Å². The Morgan fingerprint density at radius 2 is 1.57 bits per heavy atom. The average Bonchev–Trinajstić information content (AvgIpc) is 3.23. The van der Waals surface area contributed by atoms with E-state index in [9.17, 15) is 9.90 Å². The van der Waals surface area contributed by atoms with Gasteiger partial charge in [0.05, 0.1) is 24.5 Å². The first kappa shape index (κ1) is 20.5. The average molecular weight is 406 g/mol. The van der Waals surface area contributed by atoms with Gasteiger partial charge in [-0.15, -0.1) is 0 Å². The third-order valence-electron chi connectivity index (χ3n) is 5.87. The van der Waals surface area contributed by atoms with Crippen LogP contribution in [0.4, 0.5) is 11.4 Å². The molecule has 5 nitrogen and oxygen atoms in total. The Hall–Kier alpha value is -2.82. The minimum Gasteiger partial charge on any atom is -0.507 e. The van der Waals surface area contributed by atoms with E-state index in [1.807, 2.05) is 35.2 Å². The number of anilines is 2. The molecule has 2 aromatic rings. The number of guanidine groups is 1. The summed E-state index contributed by atoms with van der Waals surface area (Å²) in [6.07, 6.45) is 0. The Morgan fingerprint density at radius 1 is 1.00 bits per heavy atom. The van der Waals surface area contributed by atoms with Crippen LogP contribution in [0, 0.1) is 0 Å². The summed E-state index contributed by atoms with van der Waals surface area (Å²) in [7, 11) is 0. The molecule has 0 saturated carbocycles. The Labute approximate surface area is 179 Å². The predicted octanol–water partition coefficient (Wildman–Crippen LogP) is 4.87. The maximum atomic E-state index is 13.5. The number of phenolic OH excluding ortho intramolecular Hbond substituents is 1. The molecule has 0 saturated heterocycles. The van der Waals surface area contributed by atoms with E-state index in [0.717, 1.165) is 41.6 Å². The summed E-state index contributed by atoms with van der Waals surface area (Å²) in [4.78, 5) is 22.3. The summed E-state index contributed by atoms with van der Waals surface area (Å²) in [5.74, 6) is 1.18. The van der Waals surface area contributed by atoms with Crippen LogP contribution in [0.1, 0.15) is 63.0 Å². The number of rotatable bonds is 3. The number of Topliss-reactive ketones (excluding diaryl/α,β-unsaturated/α-hetero) is 1. The topological polar surface area (TPSA) is 56.1 Å². The highest BCUT2D eigenvalue weighted by Gasteiger charge is 2.36. The van der Waals surface area contributed by atoms with E-state index in [-0.39, 0.29) is 23.2 Å². The van der Waals surface area contributed by atoms with Gasteiger partial charge in [-0.25, -0.2) is 0 Å². The summed E-state index contributed by atoms with van der Waals surface area (Å²) in [6.45, 7) is 14.2. The maximum Gasteiger partial charge on any atom is 0.206 e. The van der Waals surface area contributed by atoms with Crippen LogP contribution in [0.25, 0.3) is 0 Å². The molecule has 0 atom stereocenters. The first-order valence-corrected chi connectivity index (χ1v) is 10.6. The molecule has 0 aliphatic carbocycles. The molecule has 0 unspecified atom stereocenters. The summed E-state index contributed by atoms with van der Waals surface area (Å²) < 4.78 is 0. The van der Waals surface area contributed by atoms with Crippen LogP contribution in [0.3, 0.4) is 0 Å². The lowest BCUT2D eigenvalue weighted by atomic mass is 9.78. The summed E-state index contributed by atoms with van der Waals surface area (Å²) in [5, 5.41) is 11.0. The lowest BCUT2D eigenvalue weighted by Crippen LogP contribution is -2.38. The minimum atomic E-state index is -0.271. The molecule has 30 heavy (non-hydrogen) atoms. The van der Waals surface area contributed by atoms with Crippen molar-refractivity contribution < 1.29 is 9.90 Å². The fourth-order valence-electron chi connectivity index (χ4n) is 4.25. The largest absolute Gasteiger partial charge is 0.507 e. The fraction of sp³-hybridized carbons (Fsp3) is 0.440. The number of nitrogens with zero attached hydrogens (tertiary/aromatic N) is 3. The molecule has 2 aromatic carbocycles. The third-order valence-corrected chi connectivity index (χ3v) is 5.87. The minimum absolute atomic E-state index is 0.0252. The van der Waals surface area contributed by atoms with Gasteiger partial charge < -0.3 is 14.9 Å². The van der Waals surface area contributed by atoms with E-state index in [1.165, 1.54) is 0 Å². The van der Waals surface area contributed by atoms with E-state index in [4.69, 9.17) is 0 Å². The third kappa shape index (κ3) is 3.36. The second-order valence-corrected chi connectivity index (χ2v) is 10.3. The molecule has 0 spiro atoms. The number of aliphatic imine (C=N–C) groups is 1. The lowest BCUT2D eigenvalue weighted by molar-refractivity contribution is 0.100. The first-order valence-electron chi connectivity index (χ1n) is 10.6. The van der Waals surface area contributed by atoms with Gasteiger partial charge in [-0.1, -0.05) is 53.7 Å². The number of para-hydroxylation sites is 2. The smallest absolute Gasteiger partial charge is 0.206 e. The van der Waals surface area contributed by atoms with Crippen molar-refractivity contribution in [3.63, 3.8) is 0 Å². The van der Waals surface area contributed by atoms with Crippen molar-refractivity contribution in [2.24, 2.45) is 4.99 Å². The lowest BCUT2D eigenvalue weighted by Gasteiger charge is -2.28. The van der Waals surface area contributed by atoms with Gasteiger partial charge in [-0.05, 0) is 35.1 Å². The molecule has 5 heteroatoms. The fourth-order valence-corrected chi connectivity index (χ4v) is 4.25. The molecule has 158 valence electrons. The highest BCUT2D eigenvalue weighted by atomic mass is 16.3. The standard InChI is InChI=1S/C25H31N3O2/c1-24(2,3)17-13-16(14-18(22(17)30)25(4,5)6)21(29)15-28-20-10-8-7-9-19(20)27-12-11-26-23(27)28/h7-10,13-14,30H,11-12,15H2,1-6H3. The normalized spacial score (nSPS) is 15.9. The first-order chi connectivity index (χ1) is 14.0. The highest BCUT2D eigenvalue weighted by Crippen LogP contribution is 2.41. The van der Waals surface area contributed by atoms with Crippen LogP contribution in [0.2, 0.25) is 0 Å². The monoisotopic (exact) mass is 405 g/mol. The Bertz CT molecular complexity index is 1010. The molecule has 1 N–H and O–H groups in total. The van der Waals surface area contributed by atoms with Crippen LogP contribution in [0.15, 0.2) is 41.4 Å². The maximum absolute atomic E-state index is 13.5. The Balaban J connectivity index is 1.74. The molecule has 0 bridgehead atoms. The van der Waals surface area contributed by atoms with Gasteiger partial charge in [0, 0.05) is 23.2 Å². The molecule has 2 aliphatic rings. The van der Waals surface area contributed by atoms with E-state index in [1.54, 1.807) is 0 Å². The Morgan fingerprint density at radius 3 is 2.13 bits per heavy atom. The Kier molecular flexibility index (Phi) is 4.68. The van der Waals surface area contributed by atoms with Crippen molar-refractivity contribution in [3.05, 3.63) is 53.1 Å². The number of hydrogen-bond donors (Lipinski definition) is 1. The van der Waals surface area contributed by atoms with Gasteiger partial charge in [0.2, 0.25) is 5.96 Å². The van der Waals surface area contributed by atoms with Crippen LogP contribution in [-0.2, 0) is 10.8 Å². The van der Waals surface area contributed by atoms with E-state index < -0.39 is 0 Å². The molecule has 0 amide bonds. The van der Waals surface area contributed by atoms with E-state index in [2.05, 4.69) is 57.5 Å². The SMILES string of the molecule is CC(C)(C)c1cc(C(=O)CN2C3=NCCN3c3ccccc32)cc(C(C)(C)C)c1O. The van der Waals surface area contributed by atoms with Crippen LogP contribution >= 0.6 is 0 Å². The molecule has 0 fully saturated rings. The van der Waals surface area contributed by atoms with Crippen molar-refractivity contribution in [3.8, 4) is 5.75 Å². The number of carbonyl (C=O) groups is 1. The second kappa shape index (κ2) is 6.86. The molecular formula is C25H31N3O2. The molecule has 0 aromatic heterocycles. The quantitative estimate of drug-likeness (QED) is 0.741. The highest BCUT2D eigenvalue weighted by molar-refractivity contribution is 6.20. The van der Waals surface area contributed by atoms with Gasteiger partial charge in [0.25, 0.3) is 0 Å². The van der Waals surface area contributed by atoms with E-state index >= 15 is 0 Å². The zero-order chi connectivity index (χ0) is 21.8. The second-order valence-electron chi connectivity index (χ2n) is 10.3. The predicted molar refractivity (Wildman–Crippen MR) is 123 cm³/mol. The molecular weight excluding hydrogens is 374 g/mol. The molecule has 4 rings (SSSR count). The summed E-state index contributed by atoms with van der Waals surface area (Å²) >= 11 is 0. The van der Waals surface area contributed by atoms with Gasteiger partial charge >= 0.3 is 0 Å². The number of ketones is 1. The van der Waals surface area contributed by atoms with Crippen LogP contribution < -0.4 is 9.80 Å². The van der Waals surface area contributed by atoms with Gasteiger partial charge in [0.15, 0.2) is 5.78 Å². The number of phenols is 1. The molecule has 2 heterocycles. The van der Waals surface area contributed by atoms with Crippen LogP contribution in [0.5, 0.6) is 5.75 Å². The number of fused-ring (bicyclic) bond motifs is 3. The summed E-state index contributed by atoms with van der Waals surface area (Å²) in [6, 6.07) is 11.9. The zero-order valence-corrected chi connectivity index (χ0v) is 18.8. The van der Waals surface area contributed by atoms with Crippen molar-refractivity contribution >= 4 is 23.1 Å². The number of benzene rings is 2.